The first-order valence-electron chi connectivity index (χ1n) is 19.2. The topological polar surface area (TPSA) is 354 Å². The van der Waals surface area contributed by atoms with E-state index in [1.54, 1.807) is 39.8 Å². The molecule has 10 atom stereocenters. The molecule has 340 valence electrons. The molecule has 0 aromatic carbocycles. The average Bonchev–Trinajstić information content (AvgIpc) is 4.00. The number of rotatable bonds is 18. The van der Waals surface area contributed by atoms with E-state index in [9.17, 15) is 43.6 Å². The maximum absolute atomic E-state index is 16.9. The molecule has 4 aromatic rings. The van der Waals surface area contributed by atoms with Crippen molar-refractivity contribution < 1.29 is 60.5 Å². The van der Waals surface area contributed by atoms with Crippen molar-refractivity contribution in [3.63, 3.8) is 0 Å². The molecule has 6 N–H and O–H groups in total. The van der Waals surface area contributed by atoms with Crippen LogP contribution >= 0.6 is 15.2 Å². The summed E-state index contributed by atoms with van der Waals surface area (Å²) >= 11 is 0. The number of hydrogen-bond donors (Lipinski definition) is 6. The molecule has 2 fully saturated rings. The second-order valence-electron chi connectivity index (χ2n) is 14.8. The number of nitrogens with one attached hydrogen (secondary N) is 4. The van der Waals surface area contributed by atoms with Gasteiger partial charge in [0.15, 0.2) is 47.1 Å². The van der Waals surface area contributed by atoms with Crippen molar-refractivity contribution in [3.8, 4) is 12.1 Å². The Morgan fingerprint density at radius 1 is 0.825 bits per heavy atom. The molecular formula is C34H42F2N12O13P2. The van der Waals surface area contributed by atoms with Gasteiger partial charge < -0.3 is 33.0 Å². The summed E-state index contributed by atoms with van der Waals surface area (Å²) in [5, 5.41) is 33.5. The number of carbonyl (C=O) groups excluding carboxylic acids is 2. The van der Waals surface area contributed by atoms with Crippen molar-refractivity contribution in [2.24, 2.45) is 11.8 Å². The lowest BCUT2D eigenvalue weighted by Gasteiger charge is -2.29. The van der Waals surface area contributed by atoms with Crippen molar-refractivity contribution in [3.05, 3.63) is 33.4 Å². The SMILES string of the molecule is CC(C)C(=O)Nc1nc2c(ncn2C2OC(COP(=O)(OCCC#N)[C@@H]3C(CO)OC(n4cnc5c(=O)[nH]c(NC(=O)C(C)C)nc54)[C@@H]3F)[C@@H](P(=O)(O)OCCC#N)[C@H]2F)c(=O)[nH]1. The van der Waals surface area contributed by atoms with Crippen molar-refractivity contribution >= 4 is 61.2 Å². The highest BCUT2D eigenvalue weighted by molar-refractivity contribution is 7.55. The lowest BCUT2D eigenvalue weighted by Crippen LogP contribution is -2.36. The summed E-state index contributed by atoms with van der Waals surface area (Å²) in [6, 6.07) is 3.47. The molecule has 0 radical (unpaired) electrons. The van der Waals surface area contributed by atoms with E-state index < -0.39 is 138 Å². The average molecular weight is 927 g/mol. The molecule has 0 bridgehead atoms. The largest absolute Gasteiger partial charge is 0.394 e. The summed E-state index contributed by atoms with van der Waals surface area (Å²) < 4.78 is 92.2. The number of aromatic nitrogens is 8. The van der Waals surface area contributed by atoms with E-state index in [1.807, 2.05) is 0 Å². The van der Waals surface area contributed by atoms with Crippen LogP contribution in [0.15, 0.2) is 22.2 Å². The van der Waals surface area contributed by atoms with Crippen LogP contribution in [-0.2, 0) is 41.8 Å². The number of amides is 2. The lowest BCUT2D eigenvalue weighted by molar-refractivity contribution is -0.119. The standard InChI is InChI=1S/C34H42F2N12O13P2/c1-15(2)27(50)43-33-41-25-21(29(52)45-33)39-13-47(25)31-19(35)23(62(54,55)57-9-5-7-37)18(61-31)12-59-63(56,58-10-6-8-38)24-17(11-49)60-32(20(24)36)48-14-40-22-26(48)42-34(46-30(22)53)44-28(51)16(3)4/h13-20,23-24,31-32,49H,5-6,9-12H2,1-4H3,(H,54,55)(H2,41,43,45,50,52)(H2,42,44,46,51,53)/t17?,18?,19-,20-,23-,24-,31?,32?,63?/m1/s1. The first kappa shape index (κ1) is 47.1. The predicted octanol–water partition coefficient (Wildman–Crippen LogP) is 1.90. The van der Waals surface area contributed by atoms with Gasteiger partial charge in [-0.05, 0) is 0 Å². The number of halogens is 2. The van der Waals surface area contributed by atoms with Gasteiger partial charge in [0.05, 0.1) is 64.1 Å². The second kappa shape index (κ2) is 19.2. The Balaban J connectivity index is 1.35. The van der Waals surface area contributed by atoms with E-state index in [0.717, 1.165) is 21.8 Å². The van der Waals surface area contributed by atoms with Gasteiger partial charge in [-0.3, -0.25) is 58.0 Å². The van der Waals surface area contributed by atoms with Crippen molar-refractivity contribution in [1.29, 1.82) is 10.5 Å². The molecule has 29 heteroatoms. The number of anilines is 2. The molecule has 0 aliphatic carbocycles. The number of fused-ring (bicyclic) bond motifs is 2. The Morgan fingerprint density at radius 2 is 1.29 bits per heavy atom. The maximum Gasteiger partial charge on any atom is 0.339 e. The number of carbonyl (C=O) groups is 2. The van der Waals surface area contributed by atoms with E-state index in [-0.39, 0.29) is 34.2 Å². The Bertz CT molecular complexity index is 2660. The van der Waals surface area contributed by atoms with Gasteiger partial charge >= 0.3 is 15.2 Å². The van der Waals surface area contributed by atoms with Gasteiger partial charge in [-0.25, -0.2) is 18.7 Å². The van der Waals surface area contributed by atoms with Gasteiger partial charge in [-0.2, -0.15) is 20.5 Å². The molecule has 2 amide bonds. The third-order valence-corrected chi connectivity index (χ3v) is 14.2. The van der Waals surface area contributed by atoms with Crippen LogP contribution in [0.3, 0.4) is 0 Å². The van der Waals surface area contributed by atoms with E-state index in [2.05, 4.69) is 40.5 Å². The minimum atomic E-state index is -5.18. The minimum absolute atomic E-state index is 0.292. The zero-order valence-corrected chi connectivity index (χ0v) is 35.6. The van der Waals surface area contributed by atoms with Crippen LogP contribution in [0, 0.1) is 34.5 Å². The minimum Gasteiger partial charge on any atom is -0.394 e. The Hall–Kier alpha value is -5.34. The fraction of sp³-hybridized carbons (Fsp3) is 0.588. The predicted molar refractivity (Wildman–Crippen MR) is 211 cm³/mol. The van der Waals surface area contributed by atoms with E-state index in [0.29, 0.717) is 0 Å². The summed E-state index contributed by atoms with van der Waals surface area (Å²) in [4.78, 5) is 82.6. The molecule has 4 aromatic heterocycles. The molecule has 63 heavy (non-hydrogen) atoms. The van der Waals surface area contributed by atoms with Gasteiger partial charge in [-0.15, -0.1) is 0 Å². The first-order valence-corrected chi connectivity index (χ1v) is 22.5. The molecule has 0 spiro atoms. The Morgan fingerprint density at radius 3 is 1.75 bits per heavy atom. The van der Waals surface area contributed by atoms with E-state index in [1.165, 1.54) is 0 Å². The molecule has 6 rings (SSSR count). The summed E-state index contributed by atoms with van der Waals surface area (Å²) in [7, 11) is -10.2. The summed E-state index contributed by atoms with van der Waals surface area (Å²) in [5.74, 6) is -2.79. The summed E-state index contributed by atoms with van der Waals surface area (Å²) in [6.07, 6.45) is -11.3. The highest BCUT2D eigenvalue weighted by Crippen LogP contribution is 2.62. The first-order chi connectivity index (χ1) is 29.8. The van der Waals surface area contributed by atoms with Gasteiger partial charge in [0, 0.05) is 11.8 Å². The van der Waals surface area contributed by atoms with Crippen molar-refractivity contribution in [2.45, 2.75) is 88.9 Å². The van der Waals surface area contributed by atoms with Crippen LogP contribution in [0.5, 0.6) is 0 Å². The van der Waals surface area contributed by atoms with Crippen molar-refractivity contribution in [2.75, 3.05) is 37.1 Å². The van der Waals surface area contributed by atoms with Crippen LogP contribution in [0.2, 0.25) is 0 Å². The van der Waals surface area contributed by atoms with Gasteiger partial charge in [0.25, 0.3) is 11.1 Å². The number of nitrogens with zero attached hydrogens (tertiary/aromatic N) is 8. The van der Waals surface area contributed by atoms with E-state index in [4.69, 9.17) is 28.3 Å². The van der Waals surface area contributed by atoms with Gasteiger partial charge in [0.1, 0.15) is 23.5 Å². The molecule has 2 aliphatic heterocycles. The number of aliphatic hydroxyl groups excluding tert-OH is 1. The van der Waals surface area contributed by atoms with E-state index >= 15 is 8.78 Å². The number of aromatic amines is 2. The van der Waals surface area contributed by atoms with Gasteiger partial charge in [0.2, 0.25) is 23.7 Å². The van der Waals surface area contributed by atoms with Crippen molar-refractivity contribution in [1.82, 2.24) is 39.0 Å². The van der Waals surface area contributed by atoms with Crippen LogP contribution in [-0.4, -0.2) is 123 Å². The molecule has 2 saturated heterocycles. The molecule has 0 saturated carbocycles. The summed E-state index contributed by atoms with van der Waals surface area (Å²) in [5.41, 5.74) is -7.20. The molecule has 25 nitrogen and oxygen atoms in total. The third kappa shape index (κ3) is 9.62. The highest BCUT2D eigenvalue weighted by Gasteiger charge is 2.60. The smallest absolute Gasteiger partial charge is 0.339 e. The number of aliphatic hydroxyl groups is 1. The fourth-order valence-electron chi connectivity index (χ4n) is 6.69. The van der Waals surface area contributed by atoms with Crippen LogP contribution < -0.4 is 21.8 Å². The number of ether oxygens (including phenoxy) is 2. The molecule has 2 aliphatic rings. The maximum atomic E-state index is 16.9. The second-order valence-corrected chi connectivity index (χ2v) is 19.0. The van der Waals surface area contributed by atoms with Crippen LogP contribution in [0.4, 0.5) is 20.7 Å². The monoisotopic (exact) mass is 926 g/mol. The molecule has 6 heterocycles. The van der Waals surface area contributed by atoms with Gasteiger partial charge in [-0.1, -0.05) is 27.7 Å². The van der Waals surface area contributed by atoms with Crippen LogP contribution in [0.1, 0.15) is 53.0 Å². The van der Waals surface area contributed by atoms with Crippen LogP contribution in [0.25, 0.3) is 22.3 Å². The Labute approximate surface area is 354 Å². The number of imidazole rings is 2. The number of alkyl halides is 2. The highest BCUT2D eigenvalue weighted by atomic mass is 31.2. The number of nitriles is 2. The third-order valence-electron chi connectivity index (χ3n) is 9.85. The fourth-order valence-corrected chi connectivity index (χ4v) is 10.5. The zero-order chi connectivity index (χ0) is 46.0. The molecule has 6 unspecified atom stereocenters. The lowest BCUT2D eigenvalue weighted by atomic mass is 10.2. The number of H-pyrrole nitrogens is 2. The number of hydrogen-bond acceptors (Lipinski definition) is 18. The zero-order valence-electron chi connectivity index (χ0n) is 33.8. The quantitative estimate of drug-likeness (QED) is 0.0613. The molecular weight excluding hydrogens is 884 g/mol. The normalized spacial score (nSPS) is 25.5. The Kier molecular flexibility index (Phi) is 14.4. The summed E-state index contributed by atoms with van der Waals surface area (Å²) in [6.45, 7) is 2.92.